The smallest absolute Gasteiger partial charge is 0.175 e. The van der Waals surface area contributed by atoms with Crippen LogP contribution in [0.3, 0.4) is 0 Å². The summed E-state index contributed by atoms with van der Waals surface area (Å²) < 4.78 is 35.6. The second-order valence-corrected chi connectivity index (χ2v) is 4.81. The van der Waals surface area contributed by atoms with Crippen LogP contribution in [-0.4, -0.2) is 19.9 Å². The van der Waals surface area contributed by atoms with Crippen LogP contribution in [0.25, 0.3) is 0 Å². The van der Waals surface area contributed by atoms with Crippen molar-refractivity contribution in [3.63, 3.8) is 0 Å². The van der Waals surface area contributed by atoms with Gasteiger partial charge in [-0.05, 0) is 12.1 Å². The van der Waals surface area contributed by atoms with Crippen LogP contribution in [0, 0.1) is 5.82 Å². The molecule has 0 aliphatic rings. The summed E-state index contributed by atoms with van der Waals surface area (Å²) in [5.74, 6) is -0.658. The van der Waals surface area contributed by atoms with E-state index in [0.29, 0.717) is 0 Å². The molecular formula is C8H10FNO3S. The van der Waals surface area contributed by atoms with Crippen molar-refractivity contribution in [3.05, 3.63) is 29.6 Å². The molecule has 0 saturated carbocycles. The molecule has 0 aliphatic carbocycles. The van der Waals surface area contributed by atoms with Gasteiger partial charge in [-0.25, -0.2) is 18.3 Å². The molecule has 0 radical (unpaired) electrons. The van der Waals surface area contributed by atoms with Crippen molar-refractivity contribution in [2.45, 2.75) is 11.4 Å². The Morgan fingerprint density at radius 1 is 1.50 bits per heavy atom. The number of hydroxylamine groups is 1. The lowest BCUT2D eigenvalue weighted by molar-refractivity contribution is 0.159. The van der Waals surface area contributed by atoms with Gasteiger partial charge in [-0.1, -0.05) is 6.07 Å². The van der Waals surface area contributed by atoms with E-state index < -0.39 is 15.7 Å². The Kier molecular flexibility index (Phi) is 3.20. The molecule has 0 atom stereocenters. The first-order chi connectivity index (χ1) is 6.46. The molecular weight excluding hydrogens is 209 g/mol. The van der Waals surface area contributed by atoms with Crippen molar-refractivity contribution in [1.29, 1.82) is 0 Å². The number of sulfone groups is 1. The third-order valence-electron chi connectivity index (χ3n) is 1.73. The number of benzene rings is 1. The van der Waals surface area contributed by atoms with Crippen LogP contribution in [0.4, 0.5) is 4.39 Å². The maximum atomic E-state index is 13.2. The van der Waals surface area contributed by atoms with Gasteiger partial charge in [0.05, 0.1) is 4.90 Å². The van der Waals surface area contributed by atoms with Crippen molar-refractivity contribution in [3.8, 4) is 0 Å². The number of nitrogens with one attached hydrogen (secondary N) is 1. The first-order valence-corrected chi connectivity index (χ1v) is 5.70. The van der Waals surface area contributed by atoms with Gasteiger partial charge in [0.1, 0.15) is 5.82 Å². The summed E-state index contributed by atoms with van der Waals surface area (Å²) in [6.07, 6.45) is 0.989. The van der Waals surface area contributed by atoms with E-state index in [4.69, 9.17) is 5.21 Å². The Hall–Kier alpha value is -0.980. The Morgan fingerprint density at radius 3 is 2.64 bits per heavy atom. The molecule has 4 nitrogen and oxygen atoms in total. The van der Waals surface area contributed by atoms with Gasteiger partial charge in [0.2, 0.25) is 0 Å². The molecule has 0 bridgehead atoms. The minimum atomic E-state index is -3.47. The number of hydrogen-bond acceptors (Lipinski definition) is 4. The molecule has 14 heavy (non-hydrogen) atoms. The monoisotopic (exact) mass is 219 g/mol. The third-order valence-corrected chi connectivity index (χ3v) is 2.91. The topological polar surface area (TPSA) is 66.4 Å². The van der Waals surface area contributed by atoms with Gasteiger partial charge in [-0.15, -0.1) is 0 Å². The summed E-state index contributed by atoms with van der Waals surface area (Å²) in [5.41, 5.74) is 1.68. The average molecular weight is 219 g/mol. The first kappa shape index (κ1) is 11.1. The summed E-state index contributed by atoms with van der Waals surface area (Å²) in [4.78, 5) is -0.112. The standard InChI is InChI=1S/C8H10FNO3S/c1-14(12,13)8-4-2-3-7(9)6(8)5-10-11/h2-4,10-11H,5H2,1H3. The van der Waals surface area contributed by atoms with E-state index in [2.05, 4.69) is 0 Å². The summed E-state index contributed by atoms with van der Waals surface area (Å²) in [5, 5.41) is 8.42. The fraction of sp³-hybridized carbons (Fsp3) is 0.250. The molecule has 0 saturated heterocycles. The Balaban J connectivity index is 3.36. The average Bonchev–Trinajstić information content (AvgIpc) is 2.07. The maximum absolute atomic E-state index is 13.2. The molecule has 1 rings (SSSR count). The zero-order valence-electron chi connectivity index (χ0n) is 7.49. The van der Waals surface area contributed by atoms with Crippen LogP contribution in [-0.2, 0) is 16.4 Å². The van der Waals surface area contributed by atoms with Crippen molar-refractivity contribution in [2.75, 3.05) is 6.26 Å². The number of halogens is 1. The number of hydrogen-bond donors (Lipinski definition) is 2. The van der Waals surface area contributed by atoms with E-state index in [-0.39, 0.29) is 17.0 Å². The molecule has 0 unspecified atom stereocenters. The lowest BCUT2D eigenvalue weighted by Crippen LogP contribution is -2.12. The highest BCUT2D eigenvalue weighted by Gasteiger charge is 2.15. The molecule has 78 valence electrons. The molecule has 2 N–H and O–H groups in total. The predicted molar refractivity (Wildman–Crippen MR) is 48.1 cm³/mol. The first-order valence-electron chi connectivity index (χ1n) is 3.81. The van der Waals surface area contributed by atoms with E-state index in [9.17, 15) is 12.8 Å². The van der Waals surface area contributed by atoms with E-state index >= 15 is 0 Å². The highest BCUT2D eigenvalue weighted by molar-refractivity contribution is 7.90. The lowest BCUT2D eigenvalue weighted by Gasteiger charge is -2.07. The summed E-state index contributed by atoms with van der Waals surface area (Å²) in [7, 11) is -3.47. The zero-order valence-corrected chi connectivity index (χ0v) is 8.31. The Labute approximate surface area is 81.3 Å². The van der Waals surface area contributed by atoms with Gasteiger partial charge in [0.25, 0.3) is 0 Å². The highest BCUT2D eigenvalue weighted by Crippen LogP contribution is 2.18. The van der Waals surface area contributed by atoms with Crippen LogP contribution in [0.2, 0.25) is 0 Å². The highest BCUT2D eigenvalue weighted by atomic mass is 32.2. The molecule has 0 amide bonds. The van der Waals surface area contributed by atoms with Gasteiger partial charge in [0, 0.05) is 18.4 Å². The summed E-state index contributed by atoms with van der Waals surface area (Å²) >= 11 is 0. The van der Waals surface area contributed by atoms with E-state index in [1.54, 1.807) is 5.48 Å². The van der Waals surface area contributed by atoms with Crippen LogP contribution in [0.15, 0.2) is 23.1 Å². The SMILES string of the molecule is CS(=O)(=O)c1cccc(F)c1CNO. The molecule has 0 heterocycles. The fourth-order valence-corrected chi connectivity index (χ4v) is 2.08. The zero-order chi connectivity index (χ0) is 10.8. The molecule has 0 spiro atoms. The largest absolute Gasteiger partial charge is 0.316 e. The molecule has 0 aliphatic heterocycles. The van der Waals surface area contributed by atoms with Gasteiger partial charge in [-0.2, -0.15) is 0 Å². The van der Waals surface area contributed by atoms with E-state index in [0.717, 1.165) is 12.3 Å². The maximum Gasteiger partial charge on any atom is 0.175 e. The van der Waals surface area contributed by atoms with Crippen LogP contribution in [0.5, 0.6) is 0 Å². The van der Waals surface area contributed by atoms with E-state index in [1.165, 1.54) is 12.1 Å². The second-order valence-electron chi connectivity index (χ2n) is 2.82. The predicted octanol–water partition coefficient (Wildman–Crippen LogP) is 0.708. The van der Waals surface area contributed by atoms with Gasteiger partial charge in [-0.3, -0.25) is 0 Å². The second kappa shape index (κ2) is 4.04. The van der Waals surface area contributed by atoms with Crippen molar-refractivity contribution >= 4 is 9.84 Å². The van der Waals surface area contributed by atoms with Crippen LogP contribution < -0.4 is 5.48 Å². The van der Waals surface area contributed by atoms with Gasteiger partial charge >= 0.3 is 0 Å². The lowest BCUT2D eigenvalue weighted by atomic mass is 10.2. The van der Waals surface area contributed by atoms with Crippen molar-refractivity contribution < 1.29 is 18.0 Å². The van der Waals surface area contributed by atoms with Crippen molar-refractivity contribution in [2.24, 2.45) is 0 Å². The number of rotatable bonds is 3. The molecule has 6 heteroatoms. The van der Waals surface area contributed by atoms with E-state index in [1.807, 2.05) is 0 Å². The Morgan fingerprint density at radius 2 is 2.14 bits per heavy atom. The summed E-state index contributed by atoms with van der Waals surface area (Å²) in [6.45, 7) is -0.241. The van der Waals surface area contributed by atoms with Crippen molar-refractivity contribution in [1.82, 2.24) is 5.48 Å². The van der Waals surface area contributed by atoms with Gasteiger partial charge in [0.15, 0.2) is 9.84 Å². The Bertz CT molecular complexity index is 430. The minimum absolute atomic E-state index is 0.0579. The normalized spacial score (nSPS) is 11.6. The minimum Gasteiger partial charge on any atom is -0.316 e. The molecule has 1 aromatic carbocycles. The quantitative estimate of drug-likeness (QED) is 0.735. The fourth-order valence-electron chi connectivity index (χ4n) is 1.14. The van der Waals surface area contributed by atoms with Crippen LogP contribution in [0.1, 0.15) is 5.56 Å². The van der Waals surface area contributed by atoms with Crippen LogP contribution >= 0.6 is 0 Å². The molecule has 0 aromatic heterocycles. The van der Waals surface area contributed by atoms with Gasteiger partial charge < -0.3 is 5.21 Å². The summed E-state index contributed by atoms with van der Waals surface area (Å²) in [6, 6.07) is 3.75. The molecule has 1 aromatic rings. The third kappa shape index (κ3) is 2.28. The molecule has 0 fully saturated rings.